The number of aryl methyl sites for hydroxylation is 1. The molecule has 0 saturated heterocycles. The third-order valence-electron chi connectivity index (χ3n) is 3.40. The second-order valence-electron chi connectivity index (χ2n) is 4.81. The SMILES string of the molecule is Cc1[nH]ncc1CN[C@@H](C)c1cc2ccccc2o1. The van der Waals surface area contributed by atoms with Crippen molar-refractivity contribution in [3.8, 4) is 0 Å². The lowest BCUT2D eigenvalue weighted by atomic mass is 10.2. The molecule has 4 heteroatoms. The highest BCUT2D eigenvalue weighted by Gasteiger charge is 2.11. The first kappa shape index (κ1) is 12.0. The molecule has 0 saturated carbocycles. The first-order valence-corrected chi connectivity index (χ1v) is 6.45. The van der Waals surface area contributed by atoms with Crippen LogP contribution in [0.5, 0.6) is 0 Å². The van der Waals surface area contributed by atoms with Crippen LogP contribution in [0.25, 0.3) is 11.0 Å². The highest BCUT2D eigenvalue weighted by molar-refractivity contribution is 5.77. The Hall–Kier alpha value is -2.07. The Bertz CT molecular complexity index is 650. The molecule has 0 aliphatic heterocycles. The molecule has 98 valence electrons. The van der Waals surface area contributed by atoms with E-state index >= 15 is 0 Å². The molecular weight excluding hydrogens is 238 g/mol. The number of para-hydroxylation sites is 1. The lowest BCUT2D eigenvalue weighted by Crippen LogP contribution is -2.17. The molecule has 2 aromatic heterocycles. The number of hydrogen-bond acceptors (Lipinski definition) is 3. The Balaban J connectivity index is 1.73. The summed E-state index contributed by atoms with van der Waals surface area (Å²) in [5.74, 6) is 0.961. The van der Waals surface area contributed by atoms with Crippen molar-refractivity contribution in [3.63, 3.8) is 0 Å². The molecule has 2 N–H and O–H groups in total. The van der Waals surface area contributed by atoms with E-state index in [0.717, 1.165) is 29.0 Å². The maximum absolute atomic E-state index is 5.84. The van der Waals surface area contributed by atoms with Crippen LogP contribution in [0, 0.1) is 6.92 Å². The predicted octanol–water partition coefficient (Wildman–Crippen LogP) is 3.32. The average Bonchev–Trinajstić information content (AvgIpc) is 3.01. The van der Waals surface area contributed by atoms with E-state index in [4.69, 9.17) is 4.42 Å². The van der Waals surface area contributed by atoms with E-state index in [1.54, 1.807) is 0 Å². The molecule has 0 spiro atoms. The largest absolute Gasteiger partial charge is 0.459 e. The number of benzene rings is 1. The normalized spacial score (nSPS) is 12.9. The van der Waals surface area contributed by atoms with Crippen molar-refractivity contribution in [2.24, 2.45) is 0 Å². The fourth-order valence-corrected chi connectivity index (χ4v) is 2.13. The summed E-state index contributed by atoms with van der Waals surface area (Å²) >= 11 is 0. The number of aromatic nitrogens is 2. The third-order valence-corrected chi connectivity index (χ3v) is 3.40. The number of aromatic amines is 1. The minimum absolute atomic E-state index is 0.168. The zero-order chi connectivity index (χ0) is 13.2. The molecule has 0 aliphatic carbocycles. The number of hydrogen-bond donors (Lipinski definition) is 2. The predicted molar refractivity (Wildman–Crippen MR) is 74.8 cm³/mol. The standard InChI is InChI=1S/C15H17N3O/c1-10-13(9-17-18-10)8-16-11(2)15-7-12-5-3-4-6-14(12)19-15/h3-7,9,11,16H,8H2,1-2H3,(H,17,18)/t11-/m0/s1. The van der Waals surface area contributed by atoms with E-state index in [1.165, 1.54) is 5.56 Å². The smallest absolute Gasteiger partial charge is 0.134 e. The zero-order valence-corrected chi connectivity index (χ0v) is 11.1. The maximum atomic E-state index is 5.84. The van der Waals surface area contributed by atoms with Gasteiger partial charge in [-0.05, 0) is 26.0 Å². The Morgan fingerprint density at radius 1 is 1.37 bits per heavy atom. The lowest BCUT2D eigenvalue weighted by molar-refractivity contribution is 0.450. The van der Waals surface area contributed by atoms with Gasteiger partial charge in [-0.1, -0.05) is 18.2 Å². The first-order chi connectivity index (χ1) is 9.24. The van der Waals surface area contributed by atoms with Crippen LogP contribution in [-0.2, 0) is 6.54 Å². The zero-order valence-electron chi connectivity index (χ0n) is 11.1. The summed E-state index contributed by atoms with van der Waals surface area (Å²) < 4.78 is 5.84. The first-order valence-electron chi connectivity index (χ1n) is 6.45. The van der Waals surface area contributed by atoms with Gasteiger partial charge >= 0.3 is 0 Å². The molecule has 3 aromatic rings. The van der Waals surface area contributed by atoms with Crippen molar-refractivity contribution < 1.29 is 4.42 Å². The van der Waals surface area contributed by atoms with Gasteiger partial charge in [0.1, 0.15) is 11.3 Å². The van der Waals surface area contributed by atoms with Gasteiger partial charge in [0.25, 0.3) is 0 Å². The number of nitrogens with one attached hydrogen (secondary N) is 2. The molecule has 2 heterocycles. The van der Waals surface area contributed by atoms with Crippen molar-refractivity contribution in [3.05, 3.63) is 53.5 Å². The van der Waals surface area contributed by atoms with Crippen LogP contribution in [0.2, 0.25) is 0 Å². The molecule has 1 atom stereocenters. The third kappa shape index (κ3) is 2.39. The van der Waals surface area contributed by atoms with Crippen LogP contribution < -0.4 is 5.32 Å². The van der Waals surface area contributed by atoms with Crippen molar-refractivity contribution >= 4 is 11.0 Å². The number of fused-ring (bicyclic) bond motifs is 1. The van der Waals surface area contributed by atoms with Crippen molar-refractivity contribution in [1.82, 2.24) is 15.5 Å². The monoisotopic (exact) mass is 255 g/mol. The summed E-state index contributed by atoms with van der Waals surface area (Å²) in [7, 11) is 0. The Kier molecular flexibility index (Phi) is 3.09. The van der Waals surface area contributed by atoms with Crippen LogP contribution >= 0.6 is 0 Å². The number of rotatable bonds is 4. The molecule has 0 bridgehead atoms. The van der Waals surface area contributed by atoms with E-state index in [-0.39, 0.29) is 6.04 Å². The number of nitrogens with zero attached hydrogens (tertiary/aromatic N) is 1. The van der Waals surface area contributed by atoms with Gasteiger partial charge in [0.05, 0.1) is 12.2 Å². The second-order valence-corrected chi connectivity index (χ2v) is 4.81. The molecule has 0 unspecified atom stereocenters. The fraction of sp³-hybridized carbons (Fsp3) is 0.267. The quantitative estimate of drug-likeness (QED) is 0.752. The second kappa shape index (κ2) is 4.90. The van der Waals surface area contributed by atoms with Crippen molar-refractivity contribution in [2.45, 2.75) is 26.4 Å². The van der Waals surface area contributed by atoms with Gasteiger partial charge in [0, 0.05) is 23.2 Å². The average molecular weight is 255 g/mol. The summed E-state index contributed by atoms with van der Waals surface area (Å²) in [5.41, 5.74) is 3.22. The number of H-pyrrole nitrogens is 1. The van der Waals surface area contributed by atoms with Crippen LogP contribution in [0.3, 0.4) is 0 Å². The Labute approximate surface area is 111 Å². The molecule has 0 amide bonds. The van der Waals surface area contributed by atoms with Crippen molar-refractivity contribution in [2.75, 3.05) is 0 Å². The van der Waals surface area contributed by atoms with E-state index in [9.17, 15) is 0 Å². The van der Waals surface area contributed by atoms with Gasteiger partial charge in [-0.25, -0.2) is 0 Å². The molecule has 0 aliphatic rings. The maximum Gasteiger partial charge on any atom is 0.134 e. The van der Waals surface area contributed by atoms with Gasteiger partial charge in [0.2, 0.25) is 0 Å². The van der Waals surface area contributed by atoms with Gasteiger partial charge in [0.15, 0.2) is 0 Å². The molecule has 3 rings (SSSR count). The van der Waals surface area contributed by atoms with Crippen molar-refractivity contribution in [1.29, 1.82) is 0 Å². The summed E-state index contributed by atoms with van der Waals surface area (Å²) in [5, 5.41) is 11.6. The molecule has 0 radical (unpaired) electrons. The minimum atomic E-state index is 0.168. The van der Waals surface area contributed by atoms with Gasteiger partial charge in [-0.15, -0.1) is 0 Å². The van der Waals surface area contributed by atoms with Crippen LogP contribution in [0.15, 0.2) is 40.9 Å². The molecule has 4 nitrogen and oxygen atoms in total. The lowest BCUT2D eigenvalue weighted by Gasteiger charge is -2.10. The summed E-state index contributed by atoms with van der Waals surface area (Å²) in [4.78, 5) is 0. The van der Waals surface area contributed by atoms with E-state index in [1.807, 2.05) is 31.3 Å². The van der Waals surface area contributed by atoms with Gasteiger partial charge < -0.3 is 9.73 Å². The Morgan fingerprint density at radius 2 is 2.21 bits per heavy atom. The van der Waals surface area contributed by atoms with E-state index in [2.05, 4.69) is 34.6 Å². The molecule has 19 heavy (non-hydrogen) atoms. The minimum Gasteiger partial charge on any atom is -0.459 e. The van der Waals surface area contributed by atoms with E-state index < -0.39 is 0 Å². The van der Waals surface area contributed by atoms with Crippen LogP contribution in [0.1, 0.15) is 30.0 Å². The fourth-order valence-electron chi connectivity index (χ4n) is 2.13. The van der Waals surface area contributed by atoms with E-state index in [0.29, 0.717) is 0 Å². The van der Waals surface area contributed by atoms with Gasteiger partial charge in [-0.2, -0.15) is 5.10 Å². The van der Waals surface area contributed by atoms with Crippen LogP contribution in [0.4, 0.5) is 0 Å². The Morgan fingerprint density at radius 3 is 2.95 bits per heavy atom. The highest BCUT2D eigenvalue weighted by Crippen LogP contribution is 2.23. The molecule has 1 aromatic carbocycles. The summed E-state index contributed by atoms with van der Waals surface area (Å²) in [6.07, 6.45) is 1.85. The molecular formula is C15H17N3O. The summed E-state index contributed by atoms with van der Waals surface area (Å²) in [6, 6.07) is 10.3. The summed E-state index contributed by atoms with van der Waals surface area (Å²) in [6.45, 7) is 4.91. The number of furan rings is 1. The van der Waals surface area contributed by atoms with Crippen LogP contribution in [-0.4, -0.2) is 10.2 Å². The molecule has 0 fully saturated rings. The highest BCUT2D eigenvalue weighted by atomic mass is 16.3. The van der Waals surface area contributed by atoms with Gasteiger partial charge in [-0.3, -0.25) is 5.10 Å². The topological polar surface area (TPSA) is 53.9 Å².